The van der Waals surface area contributed by atoms with Gasteiger partial charge in [-0.2, -0.15) is 0 Å². The molecule has 0 saturated carbocycles. The van der Waals surface area contributed by atoms with Crippen LogP contribution >= 0.6 is 11.8 Å². The molecule has 4 heteroatoms. The zero-order valence-electron chi connectivity index (χ0n) is 11.1. The predicted molar refractivity (Wildman–Crippen MR) is 75.9 cm³/mol. The molecule has 1 N–H and O–H groups in total. The quantitative estimate of drug-likeness (QED) is 0.771. The maximum absolute atomic E-state index is 12.0. The Bertz CT molecular complexity index is 382. The van der Waals surface area contributed by atoms with Crippen LogP contribution in [0.15, 0.2) is 29.2 Å². The standard InChI is InChI=1S/C14H21NO2S/c1-3-15(9-6-10-16)14(17)11-18-13-8-5-4-7-12(13)2/h4-5,7-8,16H,3,6,9-11H2,1-2H3. The molecule has 0 aromatic heterocycles. The van der Waals surface area contributed by atoms with Gasteiger partial charge in [0, 0.05) is 24.6 Å². The van der Waals surface area contributed by atoms with Crippen LogP contribution in [0.4, 0.5) is 0 Å². The third-order valence-corrected chi connectivity index (χ3v) is 3.93. The highest BCUT2D eigenvalue weighted by atomic mass is 32.2. The molecule has 0 radical (unpaired) electrons. The fourth-order valence-electron chi connectivity index (χ4n) is 1.67. The van der Waals surface area contributed by atoms with Gasteiger partial charge in [-0.1, -0.05) is 18.2 Å². The monoisotopic (exact) mass is 267 g/mol. The number of carbonyl (C=O) groups excluding carboxylic acids is 1. The van der Waals surface area contributed by atoms with E-state index in [1.165, 1.54) is 5.56 Å². The van der Waals surface area contributed by atoms with E-state index < -0.39 is 0 Å². The van der Waals surface area contributed by atoms with Crippen LogP contribution in [-0.2, 0) is 4.79 Å². The maximum Gasteiger partial charge on any atom is 0.232 e. The van der Waals surface area contributed by atoms with Gasteiger partial charge in [-0.25, -0.2) is 0 Å². The Hall–Kier alpha value is -1.00. The highest BCUT2D eigenvalue weighted by Crippen LogP contribution is 2.21. The second-order valence-corrected chi connectivity index (χ2v) is 5.12. The second kappa shape index (κ2) is 8.16. The smallest absolute Gasteiger partial charge is 0.232 e. The number of carbonyl (C=O) groups is 1. The summed E-state index contributed by atoms with van der Waals surface area (Å²) < 4.78 is 0. The molecule has 3 nitrogen and oxygen atoms in total. The van der Waals surface area contributed by atoms with E-state index in [0.29, 0.717) is 25.3 Å². The topological polar surface area (TPSA) is 40.5 Å². The Kier molecular flexibility index (Phi) is 6.83. The minimum atomic E-state index is 0.134. The van der Waals surface area contributed by atoms with Crippen molar-refractivity contribution in [1.82, 2.24) is 4.90 Å². The number of benzene rings is 1. The fourth-order valence-corrected chi connectivity index (χ4v) is 2.60. The van der Waals surface area contributed by atoms with Crippen LogP contribution in [0.5, 0.6) is 0 Å². The summed E-state index contributed by atoms with van der Waals surface area (Å²) in [7, 11) is 0. The van der Waals surface area contributed by atoms with Crippen molar-refractivity contribution in [3.05, 3.63) is 29.8 Å². The average molecular weight is 267 g/mol. The first-order valence-corrected chi connectivity index (χ1v) is 7.24. The molecule has 0 bridgehead atoms. The van der Waals surface area contributed by atoms with Crippen LogP contribution < -0.4 is 0 Å². The SMILES string of the molecule is CCN(CCCO)C(=O)CSc1ccccc1C. The molecular weight excluding hydrogens is 246 g/mol. The number of thioether (sulfide) groups is 1. The van der Waals surface area contributed by atoms with E-state index in [9.17, 15) is 4.79 Å². The Morgan fingerprint density at radius 3 is 2.72 bits per heavy atom. The lowest BCUT2D eigenvalue weighted by atomic mass is 10.2. The van der Waals surface area contributed by atoms with Gasteiger partial charge in [0.1, 0.15) is 0 Å². The van der Waals surface area contributed by atoms with Gasteiger partial charge in [0.15, 0.2) is 0 Å². The first-order chi connectivity index (χ1) is 8.69. The van der Waals surface area contributed by atoms with Crippen molar-refractivity contribution in [1.29, 1.82) is 0 Å². The summed E-state index contributed by atoms with van der Waals surface area (Å²) in [6.45, 7) is 5.49. The van der Waals surface area contributed by atoms with Crippen LogP contribution in [0, 0.1) is 6.92 Å². The Balaban J connectivity index is 2.47. The van der Waals surface area contributed by atoms with E-state index >= 15 is 0 Å². The zero-order valence-corrected chi connectivity index (χ0v) is 11.9. The summed E-state index contributed by atoms with van der Waals surface area (Å²) in [6.07, 6.45) is 0.647. The van der Waals surface area contributed by atoms with Gasteiger partial charge >= 0.3 is 0 Å². The summed E-state index contributed by atoms with van der Waals surface area (Å²) in [5.74, 6) is 0.601. The molecular formula is C14H21NO2S. The molecule has 1 amide bonds. The summed E-state index contributed by atoms with van der Waals surface area (Å²) in [4.78, 5) is 14.9. The van der Waals surface area contributed by atoms with E-state index in [4.69, 9.17) is 5.11 Å². The number of aryl methyl sites for hydroxylation is 1. The van der Waals surface area contributed by atoms with Gasteiger partial charge in [0.05, 0.1) is 5.75 Å². The molecule has 0 atom stereocenters. The highest BCUT2D eigenvalue weighted by Gasteiger charge is 2.11. The zero-order chi connectivity index (χ0) is 13.4. The van der Waals surface area contributed by atoms with E-state index in [1.54, 1.807) is 16.7 Å². The third kappa shape index (κ3) is 4.70. The maximum atomic E-state index is 12.0. The molecule has 0 aliphatic carbocycles. The summed E-state index contributed by atoms with van der Waals surface area (Å²) >= 11 is 1.58. The summed E-state index contributed by atoms with van der Waals surface area (Å²) in [6, 6.07) is 8.08. The van der Waals surface area contributed by atoms with E-state index in [1.807, 2.05) is 25.1 Å². The van der Waals surface area contributed by atoms with Gasteiger partial charge in [-0.15, -0.1) is 11.8 Å². The van der Waals surface area contributed by atoms with E-state index in [-0.39, 0.29) is 12.5 Å². The highest BCUT2D eigenvalue weighted by molar-refractivity contribution is 8.00. The predicted octanol–water partition coefficient (Wildman–Crippen LogP) is 2.32. The molecule has 0 heterocycles. The molecule has 0 unspecified atom stereocenters. The van der Waals surface area contributed by atoms with Crippen LogP contribution in [0.1, 0.15) is 18.9 Å². The molecule has 0 aliphatic heterocycles. The van der Waals surface area contributed by atoms with Gasteiger partial charge in [-0.3, -0.25) is 4.79 Å². The largest absolute Gasteiger partial charge is 0.396 e. The van der Waals surface area contributed by atoms with Crippen molar-refractivity contribution >= 4 is 17.7 Å². The number of rotatable bonds is 7. The molecule has 1 aromatic rings. The molecule has 0 fully saturated rings. The first kappa shape index (κ1) is 15.1. The van der Waals surface area contributed by atoms with Crippen molar-refractivity contribution in [3.8, 4) is 0 Å². The van der Waals surface area contributed by atoms with Crippen LogP contribution in [-0.4, -0.2) is 41.4 Å². The lowest BCUT2D eigenvalue weighted by Gasteiger charge is -2.20. The normalized spacial score (nSPS) is 10.4. The fraction of sp³-hybridized carbons (Fsp3) is 0.500. The van der Waals surface area contributed by atoms with Gasteiger partial charge < -0.3 is 10.0 Å². The summed E-state index contributed by atoms with van der Waals surface area (Å²) in [5.41, 5.74) is 1.20. The molecule has 0 aliphatic rings. The lowest BCUT2D eigenvalue weighted by Crippen LogP contribution is -2.33. The number of amides is 1. The number of aliphatic hydroxyl groups is 1. The van der Waals surface area contributed by atoms with E-state index in [0.717, 1.165) is 4.90 Å². The second-order valence-electron chi connectivity index (χ2n) is 4.10. The minimum Gasteiger partial charge on any atom is -0.396 e. The lowest BCUT2D eigenvalue weighted by molar-refractivity contribution is -0.128. The van der Waals surface area contributed by atoms with Crippen molar-refractivity contribution in [2.75, 3.05) is 25.4 Å². The number of hydrogen-bond acceptors (Lipinski definition) is 3. The van der Waals surface area contributed by atoms with Crippen LogP contribution in [0.25, 0.3) is 0 Å². The van der Waals surface area contributed by atoms with Gasteiger partial charge in [0.25, 0.3) is 0 Å². The molecule has 0 saturated heterocycles. The third-order valence-electron chi connectivity index (χ3n) is 2.77. The minimum absolute atomic E-state index is 0.134. The van der Waals surface area contributed by atoms with E-state index in [2.05, 4.69) is 13.0 Å². The van der Waals surface area contributed by atoms with Crippen LogP contribution in [0.2, 0.25) is 0 Å². The summed E-state index contributed by atoms with van der Waals surface area (Å²) in [5, 5.41) is 8.79. The van der Waals surface area contributed by atoms with Crippen molar-refractivity contribution in [2.24, 2.45) is 0 Å². The van der Waals surface area contributed by atoms with Crippen molar-refractivity contribution < 1.29 is 9.90 Å². The Morgan fingerprint density at radius 1 is 1.39 bits per heavy atom. The van der Waals surface area contributed by atoms with Crippen molar-refractivity contribution in [3.63, 3.8) is 0 Å². The van der Waals surface area contributed by atoms with Gasteiger partial charge in [-0.05, 0) is 31.9 Å². The molecule has 18 heavy (non-hydrogen) atoms. The average Bonchev–Trinajstić information content (AvgIpc) is 2.38. The Labute approximate surface area is 113 Å². The van der Waals surface area contributed by atoms with Crippen LogP contribution in [0.3, 0.4) is 0 Å². The molecule has 1 rings (SSSR count). The molecule has 0 spiro atoms. The van der Waals surface area contributed by atoms with Gasteiger partial charge in [0.2, 0.25) is 5.91 Å². The molecule has 100 valence electrons. The molecule has 1 aromatic carbocycles. The number of hydrogen-bond donors (Lipinski definition) is 1. The van der Waals surface area contributed by atoms with Crippen molar-refractivity contribution in [2.45, 2.75) is 25.2 Å². The number of nitrogens with zero attached hydrogens (tertiary/aromatic N) is 1. The Morgan fingerprint density at radius 2 is 2.11 bits per heavy atom. The number of aliphatic hydroxyl groups excluding tert-OH is 1. The first-order valence-electron chi connectivity index (χ1n) is 6.26.